The van der Waals surface area contributed by atoms with E-state index in [9.17, 15) is 0 Å². The molecule has 0 aliphatic heterocycles. The second-order valence-corrected chi connectivity index (χ2v) is 5.10. The molecule has 0 atom stereocenters. The highest BCUT2D eigenvalue weighted by atomic mass is 32.1. The topological polar surface area (TPSA) is 77.8 Å². The van der Waals surface area contributed by atoms with E-state index in [2.05, 4.69) is 15.1 Å². The lowest BCUT2D eigenvalue weighted by Crippen LogP contribution is -1.94. The van der Waals surface area contributed by atoms with E-state index >= 15 is 0 Å². The average Bonchev–Trinajstić information content (AvgIpc) is 3.06. The van der Waals surface area contributed by atoms with Gasteiger partial charge in [0.25, 0.3) is 5.89 Å². The van der Waals surface area contributed by atoms with E-state index in [1.54, 1.807) is 0 Å². The second kappa shape index (κ2) is 4.91. The van der Waals surface area contributed by atoms with Gasteiger partial charge in [0.05, 0.1) is 5.69 Å². The highest BCUT2D eigenvalue weighted by Gasteiger charge is 2.16. The Labute approximate surface area is 114 Å². The van der Waals surface area contributed by atoms with E-state index in [1.165, 1.54) is 11.3 Å². The Hall–Kier alpha value is -2.05. The number of aryl methyl sites for hydroxylation is 1. The molecule has 2 heterocycles. The SMILES string of the molecule is Cc1nc(CN)sc1-c1nc(-c2ccccc2)no1. The van der Waals surface area contributed by atoms with Gasteiger partial charge in [0, 0.05) is 12.1 Å². The molecular weight excluding hydrogens is 260 g/mol. The summed E-state index contributed by atoms with van der Waals surface area (Å²) in [4.78, 5) is 9.65. The molecular formula is C13H12N4OS. The van der Waals surface area contributed by atoms with Gasteiger partial charge >= 0.3 is 0 Å². The molecule has 96 valence electrons. The molecule has 0 saturated carbocycles. The van der Waals surface area contributed by atoms with Crippen LogP contribution < -0.4 is 5.73 Å². The van der Waals surface area contributed by atoms with Gasteiger partial charge in [-0.15, -0.1) is 11.3 Å². The van der Waals surface area contributed by atoms with Crippen molar-refractivity contribution in [1.82, 2.24) is 15.1 Å². The lowest BCUT2D eigenvalue weighted by Gasteiger charge is -1.90. The third kappa shape index (κ3) is 2.27. The molecule has 5 nitrogen and oxygen atoms in total. The maximum absolute atomic E-state index is 5.59. The normalized spacial score (nSPS) is 10.8. The summed E-state index contributed by atoms with van der Waals surface area (Å²) in [6.45, 7) is 2.34. The van der Waals surface area contributed by atoms with E-state index in [4.69, 9.17) is 10.3 Å². The predicted molar refractivity (Wildman–Crippen MR) is 73.5 cm³/mol. The molecule has 0 aliphatic carbocycles. The summed E-state index contributed by atoms with van der Waals surface area (Å²) in [7, 11) is 0. The molecule has 0 radical (unpaired) electrons. The minimum Gasteiger partial charge on any atom is -0.333 e. The van der Waals surface area contributed by atoms with E-state index in [0.29, 0.717) is 18.3 Å². The number of thiazole rings is 1. The van der Waals surface area contributed by atoms with Crippen LogP contribution in [0.3, 0.4) is 0 Å². The highest BCUT2D eigenvalue weighted by molar-refractivity contribution is 7.15. The maximum atomic E-state index is 5.59. The molecule has 1 aromatic carbocycles. The summed E-state index contributed by atoms with van der Waals surface area (Å²) in [6, 6.07) is 9.72. The van der Waals surface area contributed by atoms with Crippen molar-refractivity contribution in [3.8, 4) is 22.2 Å². The van der Waals surface area contributed by atoms with E-state index < -0.39 is 0 Å². The minimum absolute atomic E-state index is 0.422. The molecule has 0 bridgehead atoms. The fourth-order valence-electron chi connectivity index (χ4n) is 1.76. The quantitative estimate of drug-likeness (QED) is 0.793. The van der Waals surface area contributed by atoms with Gasteiger partial charge < -0.3 is 10.3 Å². The van der Waals surface area contributed by atoms with Crippen molar-refractivity contribution in [2.24, 2.45) is 5.73 Å². The summed E-state index contributed by atoms with van der Waals surface area (Å²) >= 11 is 1.49. The van der Waals surface area contributed by atoms with Crippen molar-refractivity contribution >= 4 is 11.3 Å². The van der Waals surface area contributed by atoms with Crippen LogP contribution in [0, 0.1) is 6.92 Å². The first-order valence-corrected chi connectivity index (χ1v) is 6.65. The molecule has 3 aromatic rings. The lowest BCUT2D eigenvalue weighted by molar-refractivity contribution is 0.433. The molecule has 3 rings (SSSR count). The van der Waals surface area contributed by atoms with Gasteiger partial charge in [0.1, 0.15) is 9.88 Å². The second-order valence-electron chi connectivity index (χ2n) is 4.02. The summed E-state index contributed by atoms with van der Waals surface area (Å²) in [5.41, 5.74) is 7.39. The van der Waals surface area contributed by atoms with Gasteiger partial charge in [-0.25, -0.2) is 4.98 Å². The minimum atomic E-state index is 0.422. The van der Waals surface area contributed by atoms with Crippen LogP contribution in [0.15, 0.2) is 34.9 Å². The molecule has 0 spiro atoms. The van der Waals surface area contributed by atoms with Crippen LogP contribution >= 0.6 is 11.3 Å². The third-order valence-corrected chi connectivity index (χ3v) is 3.84. The van der Waals surface area contributed by atoms with E-state index in [-0.39, 0.29) is 0 Å². The van der Waals surface area contributed by atoms with Crippen LogP contribution in [0.2, 0.25) is 0 Å². The van der Waals surface area contributed by atoms with Crippen molar-refractivity contribution in [1.29, 1.82) is 0 Å². The number of rotatable bonds is 3. The molecule has 2 N–H and O–H groups in total. The number of nitrogens with zero attached hydrogens (tertiary/aromatic N) is 3. The summed E-state index contributed by atoms with van der Waals surface area (Å²) < 4.78 is 5.31. The summed E-state index contributed by atoms with van der Waals surface area (Å²) in [5, 5.41) is 4.87. The highest BCUT2D eigenvalue weighted by Crippen LogP contribution is 2.30. The Morgan fingerprint density at radius 2 is 2.00 bits per heavy atom. The van der Waals surface area contributed by atoms with Crippen LogP contribution in [0.1, 0.15) is 10.7 Å². The van der Waals surface area contributed by atoms with Crippen LogP contribution in [0.4, 0.5) is 0 Å². The Morgan fingerprint density at radius 3 is 2.68 bits per heavy atom. The zero-order valence-electron chi connectivity index (χ0n) is 10.3. The monoisotopic (exact) mass is 272 g/mol. The van der Waals surface area contributed by atoms with Gasteiger partial charge in [-0.3, -0.25) is 0 Å². The summed E-state index contributed by atoms with van der Waals surface area (Å²) in [5.74, 6) is 1.08. The molecule has 0 saturated heterocycles. The zero-order chi connectivity index (χ0) is 13.2. The largest absolute Gasteiger partial charge is 0.333 e. The first-order valence-electron chi connectivity index (χ1n) is 5.84. The lowest BCUT2D eigenvalue weighted by atomic mass is 10.2. The smallest absolute Gasteiger partial charge is 0.270 e. The first-order chi connectivity index (χ1) is 9.28. The molecule has 19 heavy (non-hydrogen) atoms. The Morgan fingerprint density at radius 1 is 1.21 bits per heavy atom. The fourth-order valence-corrected chi connectivity index (χ4v) is 2.62. The third-order valence-electron chi connectivity index (χ3n) is 2.67. The molecule has 0 fully saturated rings. The van der Waals surface area contributed by atoms with Crippen molar-refractivity contribution in [2.45, 2.75) is 13.5 Å². The van der Waals surface area contributed by atoms with E-state index in [0.717, 1.165) is 21.1 Å². The maximum Gasteiger partial charge on any atom is 0.270 e. The van der Waals surface area contributed by atoms with Crippen LogP contribution in [0.25, 0.3) is 22.2 Å². The predicted octanol–water partition coefficient (Wildman–Crippen LogP) is 2.63. The van der Waals surface area contributed by atoms with Gasteiger partial charge in [-0.2, -0.15) is 4.98 Å². The standard InChI is InChI=1S/C13H12N4OS/c1-8-11(19-10(7-14)15-8)13-16-12(17-18-13)9-5-3-2-4-6-9/h2-6H,7,14H2,1H3. The average molecular weight is 272 g/mol. The number of hydrogen-bond donors (Lipinski definition) is 1. The number of aromatic nitrogens is 3. The molecule has 0 amide bonds. The zero-order valence-corrected chi connectivity index (χ0v) is 11.1. The van der Waals surface area contributed by atoms with Crippen molar-refractivity contribution in [2.75, 3.05) is 0 Å². The first kappa shape index (κ1) is 12.0. The molecule has 2 aromatic heterocycles. The van der Waals surface area contributed by atoms with Crippen LogP contribution in [-0.2, 0) is 6.54 Å². The number of hydrogen-bond acceptors (Lipinski definition) is 6. The number of benzene rings is 1. The van der Waals surface area contributed by atoms with Gasteiger partial charge in [0.2, 0.25) is 5.82 Å². The van der Waals surface area contributed by atoms with Crippen molar-refractivity contribution in [3.05, 3.63) is 41.0 Å². The summed E-state index contributed by atoms with van der Waals surface area (Å²) in [6.07, 6.45) is 0. The van der Waals surface area contributed by atoms with Gasteiger partial charge in [-0.05, 0) is 6.92 Å². The van der Waals surface area contributed by atoms with Gasteiger partial charge in [0.15, 0.2) is 0 Å². The molecule has 6 heteroatoms. The van der Waals surface area contributed by atoms with E-state index in [1.807, 2.05) is 37.3 Å². The molecule has 0 aliphatic rings. The fraction of sp³-hybridized carbons (Fsp3) is 0.154. The Bertz CT molecular complexity index is 690. The Kier molecular flexibility index (Phi) is 3.10. The number of nitrogens with two attached hydrogens (primary N) is 1. The van der Waals surface area contributed by atoms with Crippen molar-refractivity contribution < 1.29 is 4.52 Å². The Balaban J connectivity index is 1.99. The molecule has 0 unspecified atom stereocenters. The van der Waals surface area contributed by atoms with Crippen molar-refractivity contribution in [3.63, 3.8) is 0 Å². The van der Waals surface area contributed by atoms with Crippen LogP contribution in [-0.4, -0.2) is 15.1 Å². The van der Waals surface area contributed by atoms with Crippen LogP contribution in [0.5, 0.6) is 0 Å². The van der Waals surface area contributed by atoms with Gasteiger partial charge in [-0.1, -0.05) is 35.5 Å².